The van der Waals surface area contributed by atoms with Crippen molar-refractivity contribution in [2.24, 2.45) is 4.99 Å². The summed E-state index contributed by atoms with van der Waals surface area (Å²) in [5.74, 6) is 0.828. The number of guanidine groups is 1. The molecule has 0 bridgehead atoms. The highest BCUT2D eigenvalue weighted by molar-refractivity contribution is 14.0. The number of ether oxygens (including phenoxy) is 1. The van der Waals surface area contributed by atoms with Crippen LogP contribution >= 0.6 is 24.0 Å². The topological polar surface area (TPSA) is 63.5 Å². The molecule has 33 heavy (non-hydrogen) atoms. The molecule has 0 radical (unpaired) electrons. The Labute approximate surface area is 213 Å². The maximum atomic E-state index is 5.90. The van der Waals surface area contributed by atoms with Gasteiger partial charge in [-0.15, -0.1) is 24.0 Å². The molecule has 3 aromatic rings. The lowest BCUT2D eigenvalue weighted by Crippen LogP contribution is -2.45. The van der Waals surface area contributed by atoms with Gasteiger partial charge in [0.25, 0.3) is 0 Å². The predicted molar refractivity (Wildman–Crippen MR) is 145 cm³/mol. The van der Waals surface area contributed by atoms with Crippen LogP contribution in [0.4, 0.5) is 0 Å². The monoisotopic (exact) mass is 559 g/mol. The summed E-state index contributed by atoms with van der Waals surface area (Å²) in [5, 5.41) is 6.83. The highest BCUT2D eigenvalue weighted by atomic mass is 127. The SMILES string of the molecule is CCNC(=NCc1ccccc1-c1ccc(Cn2ccnc2)cc1)NCC1(C)CCCO1.I. The van der Waals surface area contributed by atoms with Gasteiger partial charge in [-0.2, -0.15) is 0 Å². The Kier molecular flexibility index (Phi) is 9.31. The Bertz CT molecular complexity index is 1010. The van der Waals surface area contributed by atoms with Crippen molar-refractivity contribution in [1.82, 2.24) is 20.2 Å². The first kappa shape index (κ1) is 25.2. The van der Waals surface area contributed by atoms with Crippen molar-refractivity contribution >= 4 is 29.9 Å². The lowest BCUT2D eigenvalue weighted by Gasteiger charge is -2.24. The number of imidazole rings is 1. The molecule has 2 aromatic carbocycles. The molecule has 6 nitrogen and oxygen atoms in total. The summed E-state index contributed by atoms with van der Waals surface area (Å²) in [6, 6.07) is 17.2. The molecular weight excluding hydrogens is 525 g/mol. The van der Waals surface area contributed by atoms with E-state index >= 15 is 0 Å². The van der Waals surface area contributed by atoms with Crippen LogP contribution in [0.15, 0.2) is 72.2 Å². The number of nitrogens with zero attached hydrogens (tertiary/aromatic N) is 3. The minimum Gasteiger partial charge on any atom is -0.373 e. The van der Waals surface area contributed by atoms with Gasteiger partial charge in [0.05, 0.1) is 18.5 Å². The molecule has 176 valence electrons. The average molecular weight is 559 g/mol. The molecule has 1 unspecified atom stereocenters. The van der Waals surface area contributed by atoms with Gasteiger partial charge >= 0.3 is 0 Å². The second-order valence-corrected chi connectivity index (χ2v) is 8.54. The molecule has 0 amide bonds. The molecule has 2 N–H and O–H groups in total. The van der Waals surface area contributed by atoms with E-state index in [0.29, 0.717) is 6.54 Å². The molecule has 0 spiro atoms. The fraction of sp³-hybridized carbons (Fsp3) is 0.385. The van der Waals surface area contributed by atoms with E-state index in [0.717, 1.165) is 45.0 Å². The van der Waals surface area contributed by atoms with Gasteiger partial charge in [0.2, 0.25) is 0 Å². The van der Waals surface area contributed by atoms with Crippen molar-refractivity contribution in [2.75, 3.05) is 19.7 Å². The van der Waals surface area contributed by atoms with Crippen LogP contribution < -0.4 is 10.6 Å². The maximum absolute atomic E-state index is 5.90. The quantitative estimate of drug-likeness (QED) is 0.236. The molecule has 7 heteroatoms. The third kappa shape index (κ3) is 7.04. The van der Waals surface area contributed by atoms with Gasteiger partial charge in [0.1, 0.15) is 0 Å². The van der Waals surface area contributed by atoms with E-state index in [9.17, 15) is 0 Å². The summed E-state index contributed by atoms with van der Waals surface area (Å²) < 4.78 is 7.97. The van der Waals surface area contributed by atoms with E-state index in [2.05, 4.69) is 82.6 Å². The van der Waals surface area contributed by atoms with Gasteiger partial charge in [0, 0.05) is 38.6 Å². The first-order valence-electron chi connectivity index (χ1n) is 11.4. The van der Waals surface area contributed by atoms with Crippen molar-refractivity contribution in [2.45, 2.75) is 45.4 Å². The van der Waals surface area contributed by atoms with Gasteiger partial charge in [-0.1, -0.05) is 48.5 Å². The van der Waals surface area contributed by atoms with Crippen molar-refractivity contribution in [3.8, 4) is 11.1 Å². The number of nitrogens with one attached hydrogen (secondary N) is 2. The summed E-state index contributed by atoms with van der Waals surface area (Å²) >= 11 is 0. The van der Waals surface area contributed by atoms with Crippen molar-refractivity contribution in [3.05, 3.63) is 78.4 Å². The Hall–Kier alpha value is -2.39. The van der Waals surface area contributed by atoms with Gasteiger partial charge in [-0.25, -0.2) is 9.98 Å². The third-order valence-corrected chi connectivity index (χ3v) is 5.89. The minimum atomic E-state index is -0.105. The van der Waals surface area contributed by atoms with Crippen molar-refractivity contribution in [1.29, 1.82) is 0 Å². The molecule has 0 saturated carbocycles. The first-order chi connectivity index (χ1) is 15.6. The van der Waals surface area contributed by atoms with Crippen LogP contribution in [-0.2, 0) is 17.8 Å². The molecular formula is C26H34IN5O. The number of halogens is 1. The molecule has 1 aliphatic heterocycles. The van der Waals surface area contributed by atoms with E-state index in [1.165, 1.54) is 22.3 Å². The predicted octanol–water partition coefficient (Wildman–Crippen LogP) is 4.84. The summed E-state index contributed by atoms with van der Waals surface area (Å²) in [4.78, 5) is 8.97. The molecule has 1 atom stereocenters. The van der Waals surface area contributed by atoms with Crippen LogP contribution in [0.2, 0.25) is 0 Å². The smallest absolute Gasteiger partial charge is 0.191 e. The van der Waals surface area contributed by atoms with Crippen molar-refractivity contribution in [3.63, 3.8) is 0 Å². The Morgan fingerprint density at radius 1 is 1.15 bits per heavy atom. The third-order valence-electron chi connectivity index (χ3n) is 5.89. The largest absolute Gasteiger partial charge is 0.373 e. The zero-order valence-electron chi connectivity index (χ0n) is 19.5. The fourth-order valence-corrected chi connectivity index (χ4v) is 4.07. The Morgan fingerprint density at radius 2 is 1.97 bits per heavy atom. The van der Waals surface area contributed by atoms with E-state index in [1.54, 1.807) is 0 Å². The molecule has 1 fully saturated rings. The van der Waals surface area contributed by atoms with Gasteiger partial charge in [-0.05, 0) is 48.9 Å². The van der Waals surface area contributed by atoms with E-state index < -0.39 is 0 Å². The molecule has 2 heterocycles. The van der Waals surface area contributed by atoms with Gasteiger partial charge in [0.15, 0.2) is 5.96 Å². The first-order valence-corrected chi connectivity index (χ1v) is 11.4. The van der Waals surface area contributed by atoms with Crippen LogP contribution in [0.5, 0.6) is 0 Å². The maximum Gasteiger partial charge on any atom is 0.191 e. The minimum absolute atomic E-state index is 0. The molecule has 1 saturated heterocycles. The highest BCUT2D eigenvalue weighted by Gasteiger charge is 2.29. The highest BCUT2D eigenvalue weighted by Crippen LogP contribution is 2.26. The van der Waals surface area contributed by atoms with Crippen molar-refractivity contribution < 1.29 is 4.74 Å². The standard InChI is InChI=1S/C26H33N5O.HI/c1-3-28-25(30-19-26(2)13-6-16-32-26)29-17-23-7-4-5-8-24(23)22-11-9-21(10-12-22)18-31-15-14-27-20-31;/h4-5,7-12,14-15,20H,3,6,13,16-19H2,1-2H3,(H2,28,29,30);1H. The zero-order valence-corrected chi connectivity index (χ0v) is 21.8. The second-order valence-electron chi connectivity index (χ2n) is 8.54. The van der Waals surface area contributed by atoms with E-state index in [4.69, 9.17) is 9.73 Å². The number of aliphatic imine (C=N–C) groups is 1. The lowest BCUT2D eigenvalue weighted by atomic mass is 9.98. The Morgan fingerprint density at radius 3 is 2.67 bits per heavy atom. The second kappa shape index (κ2) is 12.2. The summed E-state index contributed by atoms with van der Waals surface area (Å²) in [5.41, 5.74) is 4.77. The number of hydrogen-bond acceptors (Lipinski definition) is 3. The van der Waals surface area contributed by atoms with Crippen LogP contribution in [0.25, 0.3) is 11.1 Å². The molecule has 0 aliphatic carbocycles. The number of rotatable bonds is 8. The van der Waals surface area contributed by atoms with Gasteiger partial charge < -0.3 is 19.9 Å². The summed E-state index contributed by atoms with van der Waals surface area (Å²) in [7, 11) is 0. The molecule has 4 rings (SSSR count). The summed E-state index contributed by atoms with van der Waals surface area (Å²) in [6.45, 7) is 8.13. The Balaban J connectivity index is 0.00000306. The zero-order chi connectivity index (χ0) is 22.2. The fourth-order valence-electron chi connectivity index (χ4n) is 4.07. The molecule has 1 aliphatic rings. The van der Waals surface area contributed by atoms with E-state index in [-0.39, 0.29) is 29.6 Å². The van der Waals surface area contributed by atoms with Gasteiger partial charge in [-0.3, -0.25) is 0 Å². The van der Waals surface area contributed by atoms with Crippen LogP contribution in [0, 0.1) is 0 Å². The lowest BCUT2D eigenvalue weighted by molar-refractivity contribution is 0.0243. The van der Waals surface area contributed by atoms with E-state index in [1.807, 2.05) is 18.7 Å². The number of hydrogen-bond donors (Lipinski definition) is 2. The normalized spacial score (nSPS) is 18.1. The van der Waals surface area contributed by atoms with Crippen LogP contribution in [0.1, 0.15) is 37.8 Å². The van der Waals surface area contributed by atoms with Crippen LogP contribution in [-0.4, -0.2) is 40.8 Å². The number of aromatic nitrogens is 2. The molecule has 1 aromatic heterocycles. The summed E-state index contributed by atoms with van der Waals surface area (Å²) in [6.07, 6.45) is 7.84. The van der Waals surface area contributed by atoms with Crippen LogP contribution in [0.3, 0.4) is 0 Å². The number of benzene rings is 2. The average Bonchev–Trinajstić information content (AvgIpc) is 3.49.